The molecule has 2 fully saturated rings. The molecule has 1 amide bonds. The molecule has 3 heterocycles. The van der Waals surface area contributed by atoms with Gasteiger partial charge in [-0.2, -0.15) is 0 Å². The Labute approximate surface area is 124 Å². The summed E-state index contributed by atoms with van der Waals surface area (Å²) in [5.74, 6) is 1.24. The van der Waals surface area contributed by atoms with E-state index in [2.05, 4.69) is 20.6 Å². The van der Waals surface area contributed by atoms with Gasteiger partial charge in [0, 0.05) is 44.6 Å². The van der Waals surface area contributed by atoms with Crippen molar-refractivity contribution >= 4 is 24.3 Å². The lowest BCUT2D eigenvalue weighted by molar-refractivity contribution is 0.0736. The number of hydrogen-bond donors (Lipinski definition) is 2. The molecule has 1 aromatic rings. The van der Waals surface area contributed by atoms with Crippen LogP contribution in [-0.4, -0.2) is 53.0 Å². The van der Waals surface area contributed by atoms with Gasteiger partial charge in [0.1, 0.15) is 0 Å². The maximum Gasteiger partial charge on any atom is 0.257 e. The van der Waals surface area contributed by atoms with Gasteiger partial charge in [-0.05, 0) is 19.3 Å². The molecule has 20 heavy (non-hydrogen) atoms. The zero-order chi connectivity index (χ0) is 13.2. The topological polar surface area (TPSA) is 70.2 Å². The minimum atomic E-state index is 0. The van der Waals surface area contributed by atoms with E-state index in [4.69, 9.17) is 0 Å². The summed E-state index contributed by atoms with van der Waals surface area (Å²) < 4.78 is 0. The lowest BCUT2D eigenvalue weighted by Gasteiger charge is -2.23. The maximum absolute atomic E-state index is 12.5. The van der Waals surface area contributed by atoms with E-state index in [1.807, 2.05) is 11.8 Å². The molecule has 3 rings (SSSR count). The number of anilines is 1. The van der Waals surface area contributed by atoms with Crippen LogP contribution >= 0.6 is 12.4 Å². The van der Waals surface area contributed by atoms with E-state index in [1.165, 1.54) is 0 Å². The third-order valence-corrected chi connectivity index (χ3v) is 3.94. The Morgan fingerprint density at radius 1 is 1.45 bits per heavy atom. The van der Waals surface area contributed by atoms with Crippen molar-refractivity contribution in [1.29, 1.82) is 0 Å². The highest BCUT2D eigenvalue weighted by Gasteiger charge is 2.40. The molecule has 0 radical (unpaired) electrons. The second-order valence-corrected chi connectivity index (χ2v) is 5.10. The van der Waals surface area contributed by atoms with Gasteiger partial charge < -0.3 is 15.5 Å². The van der Waals surface area contributed by atoms with E-state index in [1.54, 1.807) is 12.4 Å². The standard InChI is InChI=1S/C13H19N5O.ClH/c1-2-15-13-16-6-10(7-17-13)12(19)18-4-3-9-5-14-8-11(9)18;/h6-7,9,11,14H,2-5,8H2,1H3,(H,15,16,17);1H/t9-,11+;/m0./s1. The summed E-state index contributed by atoms with van der Waals surface area (Å²) in [4.78, 5) is 22.7. The quantitative estimate of drug-likeness (QED) is 0.862. The number of amides is 1. The molecule has 2 aliphatic rings. The van der Waals surface area contributed by atoms with Gasteiger partial charge in [-0.3, -0.25) is 4.79 Å². The van der Waals surface area contributed by atoms with Gasteiger partial charge in [-0.25, -0.2) is 9.97 Å². The number of aromatic nitrogens is 2. The Hall–Kier alpha value is -1.40. The Kier molecular flexibility index (Phi) is 4.77. The SMILES string of the molecule is CCNc1ncc(C(=O)N2CC[C@H]3CNC[C@H]32)cn1.Cl. The molecule has 0 spiro atoms. The lowest BCUT2D eigenvalue weighted by Crippen LogP contribution is -2.39. The third kappa shape index (κ3) is 2.71. The molecule has 2 N–H and O–H groups in total. The van der Waals surface area contributed by atoms with Crippen LogP contribution in [0.15, 0.2) is 12.4 Å². The van der Waals surface area contributed by atoms with E-state index in [-0.39, 0.29) is 18.3 Å². The summed E-state index contributed by atoms with van der Waals surface area (Å²) in [6, 6.07) is 0.348. The predicted molar refractivity (Wildman–Crippen MR) is 79.2 cm³/mol. The molecule has 1 aromatic heterocycles. The molecule has 110 valence electrons. The minimum absolute atomic E-state index is 0. The fraction of sp³-hybridized carbons (Fsp3) is 0.615. The first-order valence-electron chi connectivity index (χ1n) is 6.87. The fourth-order valence-electron chi connectivity index (χ4n) is 2.96. The van der Waals surface area contributed by atoms with E-state index < -0.39 is 0 Å². The number of likely N-dealkylation sites (tertiary alicyclic amines) is 1. The number of nitrogens with zero attached hydrogens (tertiary/aromatic N) is 3. The third-order valence-electron chi connectivity index (χ3n) is 3.94. The van der Waals surface area contributed by atoms with Gasteiger partial charge in [0.05, 0.1) is 5.56 Å². The first-order valence-corrected chi connectivity index (χ1v) is 6.87. The Morgan fingerprint density at radius 2 is 2.20 bits per heavy atom. The summed E-state index contributed by atoms with van der Waals surface area (Å²) in [7, 11) is 0. The summed E-state index contributed by atoms with van der Waals surface area (Å²) in [5, 5.41) is 6.37. The van der Waals surface area contributed by atoms with E-state index in [0.717, 1.165) is 32.6 Å². The van der Waals surface area contributed by atoms with Crippen LogP contribution in [0, 0.1) is 5.92 Å². The monoisotopic (exact) mass is 297 g/mol. The second-order valence-electron chi connectivity index (χ2n) is 5.10. The number of rotatable bonds is 3. The van der Waals surface area contributed by atoms with Crippen LogP contribution in [0.5, 0.6) is 0 Å². The van der Waals surface area contributed by atoms with Crippen molar-refractivity contribution in [2.45, 2.75) is 19.4 Å². The van der Waals surface area contributed by atoms with Gasteiger partial charge in [0.2, 0.25) is 5.95 Å². The highest BCUT2D eigenvalue weighted by Crippen LogP contribution is 2.28. The molecule has 6 nitrogen and oxygen atoms in total. The number of halogens is 1. The van der Waals surface area contributed by atoms with Crippen molar-refractivity contribution in [2.24, 2.45) is 5.92 Å². The molecule has 0 aromatic carbocycles. The van der Waals surface area contributed by atoms with Crippen LogP contribution in [-0.2, 0) is 0 Å². The summed E-state index contributed by atoms with van der Waals surface area (Å²) in [5.41, 5.74) is 0.578. The van der Waals surface area contributed by atoms with E-state index in [9.17, 15) is 4.79 Å². The van der Waals surface area contributed by atoms with Crippen LogP contribution in [0.4, 0.5) is 5.95 Å². The first kappa shape index (κ1) is 15.0. The number of nitrogens with one attached hydrogen (secondary N) is 2. The van der Waals surface area contributed by atoms with Gasteiger partial charge in [-0.1, -0.05) is 0 Å². The zero-order valence-electron chi connectivity index (χ0n) is 11.5. The number of carbonyl (C=O) groups is 1. The molecule has 7 heteroatoms. The summed E-state index contributed by atoms with van der Waals surface area (Å²) >= 11 is 0. The fourth-order valence-corrected chi connectivity index (χ4v) is 2.96. The van der Waals surface area contributed by atoms with Crippen molar-refractivity contribution in [3.05, 3.63) is 18.0 Å². The van der Waals surface area contributed by atoms with Crippen LogP contribution in [0.2, 0.25) is 0 Å². The average Bonchev–Trinajstić information content (AvgIpc) is 3.01. The molecule has 0 unspecified atom stereocenters. The van der Waals surface area contributed by atoms with Crippen LogP contribution in [0.25, 0.3) is 0 Å². The number of carbonyl (C=O) groups excluding carboxylic acids is 1. The Bertz CT molecular complexity index is 466. The minimum Gasteiger partial charge on any atom is -0.355 e. The molecule has 2 aliphatic heterocycles. The van der Waals surface area contributed by atoms with Crippen molar-refractivity contribution in [2.75, 3.05) is 31.5 Å². The van der Waals surface area contributed by atoms with Gasteiger partial charge in [0.15, 0.2) is 0 Å². The molecule has 0 saturated carbocycles. The van der Waals surface area contributed by atoms with E-state index >= 15 is 0 Å². The second kappa shape index (κ2) is 6.37. The van der Waals surface area contributed by atoms with Crippen LogP contribution in [0.3, 0.4) is 0 Å². The van der Waals surface area contributed by atoms with Crippen molar-refractivity contribution in [1.82, 2.24) is 20.2 Å². The smallest absolute Gasteiger partial charge is 0.257 e. The van der Waals surface area contributed by atoms with Crippen molar-refractivity contribution in [3.8, 4) is 0 Å². The van der Waals surface area contributed by atoms with Crippen LogP contribution < -0.4 is 10.6 Å². The number of hydrogen-bond acceptors (Lipinski definition) is 5. The number of fused-ring (bicyclic) bond motifs is 1. The lowest BCUT2D eigenvalue weighted by atomic mass is 10.1. The van der Waals surface area contributed by atoms with Gasteiger partial charge >= 0.3 is 0 Å². The highest BCUT2D eigenvalue weighted by atomic mass is 35.5. The molecule has 0 bridgehead atoms. The largest absolute Gasteiger partial charge is 0.355 e. The maximum atomic E-state index is 12.5. The summed E-state index contributed by atoms with van der Waals surface area (Å²) in [6.45, 7) is 5.55. The van der Waals surface area contributed by atoms with Crippen molar-refractivity contribution in [3.63, 3.8) is 0 Å². The molecular weight excluding hydrogens is 278 g/mol. The van der Waals surface area contributed by atoms with E-state index in [0.29, 0.717) is 23.5 Å². The zero-order valence-corrected chi connectivity index (χ0v) is 12.3. The van der Waals surface area contributed by atoms with Gasteiger partial charge in [0.25, 0.3) is 5.91 Å². The summed E-state index contributed by atoms with van der Waals surface area (Å²) in [6.07, 6.45) is 4.33. The molecule has 2 saturated heterocycles. The normalized spacial score (nSPS) is 24.1. The average molecular weight is 298 g/mol. The van der Waals surface area contributed by atoms with Crippen LogP contribution in [0.1, 0.15) is 23.7 Å². The Morgan fingerprint density at radius 3 is 2.90 bits per heavy atom. The molecular formula is C13H20ClN5O. The van der Waals surface area contributed by atoms with Crippen molar-refractivity contribution < 1.29 is 4.79 Å². The van der Waals surface area contributed by atoms with Gasteiger partial charge in [-0.15, -0.1) is 12.4 Å². The molecule has 0 aliphatic carbocycles. The highest BCUT2D eigenvalue weighted by molar-refractivity contribution is 5.94. The first-order chi connectivity index (χ1) is 9.29. The molecule has 2 atom stereocenters. The predicted octanol–water partition coefficient (Wildman–Crippen LogP) is 0.764. The Balaban J connectivity index is 0.00000147.